The average Bonchev–Trinajstić information content (AvgIpc) is 2.47. The number of ether oxygens (including phenoxy) is 1. The minimum Gasteiger partial charge on any atom is -0.482 e. The molecule has 0 fully saturated rings. The van der Waals surface area contributed by atoms with Gasteiger partial charge in [-0.15, -0.1) is 0 Å². The number of halogens is 4. The molecule has 0 aliphatic carbocycles. The van der Waals surface area contributed by atoms with Gasteiger partial charge in [-0.1, -0.05) is 82.8 Å². The van der Waals surface area contributed by atoms with Gasteiger partial charge in [-0.05, 0) is 24.3 Å². The molecule has 2 rings (SSSR count). The highest BCUT2D eigenvalue weighted by atomic mass is 35.6. The summed E-state index contributed by atoms with van der Waals surface area (Å²) in [5.41, 5.74) is 0. The van der Waals surface area contributed by atoms with Crippen molar-refractivity contribution in [3.8, 4) is 5.75 Å². The van der Waals surface area contributed by atoms with Crippen LogP contribution in [0.15, 0.2) is 60.7 Å². The number of benzene rings is 2. The van der Waals surface area contributed by atoms with Crippen LogP contribution in [0.2, 0.25) is 5.02 Å². The molecule has 2 aromatic rings. The lowest BCUT2D eigenvalue weighted by atomic mass is 10.3. The van der Waals surface area contributed by atoms with Crippen LogP contribution in [0.3, 0.4) is 0 Å². The molecule has 1 N–H and O–H groups in total. The summed E-state index contributed by atoms with van der Waals surface area (Å²) in [6.45, 7) is -0.288. The van der Waals surface area contributed by atoms with Crippen molar-refractivity contribution in [1.29, 1.82) is 0 Å². The van der Waals surface area contributed by atoms with Gasteiger partial charge in [0, 0.05) is 5.02 Å². The molecule has 0 saturated carbocycles. The fraction of sp³-hybridized carbons (Fsp3) is 0.133. The largest absolute Gasteiger partial charge is 0.482 e. The third-order valence-corrected chi connectivity index (χ3v) is 2.09. The number of para-hydroxylation sites is 1. The van der Waals surface area contributed by atoms with Gasteiger partial charge in [0.05, 0.1) is 0 Å². The van der Waals surface area contributed by atoms with Gasteiger partial charge >= 0.3 is 5.97 Å². The summed E-state index contributed by atoms with van der Waals surface area (Å²) in [4.78, 5) is 10.0. The molecule has 0 heterocycles. The molecular formula is C15H14Cl4O3. The highest BCUT2D eigenvalue weighted by Crippen LogP contribution is 2.07. The van der Waals surface area contributed by atoms with Crippen LogP contribution >= 0.6 is 46.4 Å². The summed E-state index contributed by atoms with van der Waals surface area (Å²) in [5.74, 6) is -0.385. The molecule has 0 aliphatic heterocycles. The highest BCUT2D eigenvalue weighted by Gasteiger charge is 1.96. The van der Waals surface area contributed by atoms with Gasteiger partial charge in [-0.25, -0.2) is 4.79 Å². The molecule has 0 unspecified atom stereocenters. The Bertz CT molecular complexity index is 504. The molecule has 120 valence electrons. The first kappa shape index (κ1) is 20.9. The lowest BCUT2D eigenvalue weighted by molar-refractivity contribution is -0.139. The van der Waals surface area contributed by atoms with E-state index in [0.29, 0.717) is 5.75 Å². The normalized spacial score (nSPS) is 8.95. The highest BCUT2D eigenvalue weighted by molar-refractivity contribution is 6.63. The topological polar surface area (TPSA) is 46.5 Å². The van der Waals surface area contributed by atoms with Crippen molar-refractivity contribution < 1.29 is 14.6 Å². The van der Waals surface area contributed by atoms with Crippen molar-refractivity contribution >= 4 is 52.4 Å². The van der Waals surface area contributed by atoms with Gasteiger partial charge in [0.2, 0.25) is 0 Å². The van der Waals surface area contributed by atoms with Crippen LogP contribution in [0, 0.1) is 0 Å². The van der Waals surface area contributed by atoms with Crippen LogP contribution in [0.1, 0.15) is 0 Å². The average molecular weight is 384 g/mol. The molecule has 22 heavy (non-hydrogen) atoms. The second-order valence-electron chi connectivity index (χ2n) is 3.54. The summed E-state index contributed by atoms with van der Waals surface area (Å²) in [7, 11) is 0. The monoisotopic (exact) mass is 382 g/mol. The number of hydrogen-bond donors (Lipinski definition) is 1. The molecule has 0 spiro atoms. The first-order valence-corrected chi connectivity index (χ1v) is 7.63. The summed E-state index contributed by atoms with van der Waals surface area (Å²) in [6, 6.07) is 18.3. The van der Waals surface area contributed by atoms with Crippen molar-refractivity contribution in [2.75, 3.05) is 6.61 Å². The summed E-state index contributed by atoms with van der Waals surface area (Å²) in [5, 5.41) is 9.04. The molecule has 0 bridgehead atoms. The lowest BCUT2D eigenvalue weighted by Crippen LogP contribution is -2.09. The van der Waals surface area contributed by atoms with E-state index in [1.807, 2.05) is 36.4 Å². The minimum absolute atomic E-state index is 0.288. The zero-order valence-corrected chi connectivity index (χ0v) is 14.4. The minimum atomic E-state index is -0.964. The van der Waals surface area contributed by atoms with Gasteiger partial charge in [0.1, 0.15) is 5.75 Å². The maximum atomic E-state index is 10.0. The fourth-order valence-corrected chi connectivity index (χ4v) is 1.22. The van der Waals surface area contributed by atoms with E-state index < -0.39 is 10.3 Å². The van der Waals surface area contributed by atoms with Crippen LogP contribution in [0.5, 0.6) is 5.75 Å². The molecule has 0 aromatic heterocycles. The zero-order chi connectivity index (χ0) is 16.8. The Hall–Kier alpha value is -1.13. The number of rotatable bonds is 3. The van der Waals surface area contributed by atoms with Crippen molar-refractivity contribution in [1.82, 2.24) is 0 Å². The van der Waals surface area contributed by atoms with Gasteiger partial charge in [0.25, 0.3) is 0 Å². The number of carboxylic acids is 1. The Morgan fingerprint density at radius 1 is 0.955 bits per heavy atom. The van der Waals surface area contributed by atoms with E-state index in [1.165, 1.54) is 0 Å². The van der Waals surface area contributed by atoms with E-state index in [1.54, 1.807) is 24.3 Å². The summed E-state index contributed by atoms with van der Waals surface area (Å²) in [6.07, 6.45) is 0. The molecule has 0 saturated heterocycles. The van der Waals surface area contributed by atoms with E-state index in [2.05, 4.69) is 0 Å². The molecule has 0 radical (unpaired) electrons. The Kier molecular flexibility index (Phi) is 12.8. The van der Waals surface area contributed by atoms with Gasteiger partial charge in [-0.3, -0.25) is 0 Å². The zero-order valence-electron chi connectivity index (χ0n) is 11.3. The van der Waals surface area contributed by atoms with Crippen molar-refractivity contribution in [2.45, 2.75) is 4.30 Å². The van der Waals surface area contributed by atoms with Crippen LogP contribution in [-0.4, -0.2) is 22.0 Å². The van der Waals surface area contributed by atoms with E-state index in [-0.39, 0.29) is 6.61 Å². The molecule has 2 aromatic carbocycles. The predicted molar refractivity (Wildman–Crippen MR) is 92.4 cm³/mol. The number of carboxylic acid groups (broad SMARTS) is 1. The smallest absolute Gasteiger partial charge is 0.341 e. The van der Waals surface area contributed by atoms with E-state index in [0.717, 1.165) is 5.02 Å². The lowest BCUT2D eigenvalue weighted by Gasteiger charge is -2.00. The third kappa shape index (κ3) is 15.3. The van der Waals surface area contributed by atoms with Gasteiger partial charge in [0.15, 0.2) is 10.9 Å². The van der Waals surface area contributed by atoms with Crippen molar-refractivity contribution in [3.63, 3.8) is 0 Å². The van der Waals surface area contributed by atoms with Crippen molar-refractivity contribution in [3.05, 3.63) is 65.7 Å². The molecular weight excluding hydrogens is 370 g/mol. The van der Waals surface area contributed by atoms with Crippen LogP contribution in [0.25, 0.3) is 0 Å². The molecule has 0 atom stereocenters. The number of hydrogen-bond acceptors (Lipinski definition) is 2. The van der Waals surface area contributed by atoms with Crippen molar-refractivity contribution in [2.24, 2.45) is 0 Å². The Balaban J connectivity index is 0.000000343. The Labute approximate surface area is 149 Å². The summed E-state index contributed by atoms with van der Waals surface area (Å²) < 4.78 is 4.12. The number of carbonyl (C=O) groups is 1. The quantitative estimate of drug-likeness (QED) is 0.714. The molecule has 7 heteroatoms. The Morgan fingerprint density at radius 3 is 1.68 bits per heavy atom. The second-order valence-corrected chi connectivity index (χ2v) is 5.95. The van der Waals surface area contributed by atoms with Crippen LogP contribution in [-0.2, 0) is 4.79 Å². The maximum absolute atomic E-state index is 10.0. The van der Waals surface area contributed by atoms with E-state index in [4.69, 9.17) is 56.2 Å². The number of alkyl halides is 3. The van der Waals surface area contributed by atoms with E-state index >= 15 is 0 Å². The maximum Gasteiger partial charge on any atom is 0.341 e. The van der Waals surface area contributed by atoms with Gasteiger partial charge in [-0.2, -0.15) is 0 Å². The first-order valence-electron chi connectivity index (χ1n) is 5.94. The van der Waals surface area contributed by atoms with Gasteiger partial charge < -0.3 is 9.84 Å². The fourth-order valence-electron chi connectivity index (χ4n) is 1.08. The van der Waals surface area contributed by atoms with E-state index in [9.17, 15) is 4.79 Å². The molecule has 0 aliphatic rings. The number of aliphatic carboxylic acids is 1. The molecule has 3 nitrogen and oxygen atoms in total. The second kappa shape index (κ2) is 13.5. The SMILES string of the molecule is ClC(Cl)Cl.Clc1ccccc1.O=C(O)COc1ccccc1. The molecule has 0 amide bonds. The predicted octanol–water partition coefficient (Wildman–Crippen LogP) is 5.48. The standard InChI is InChI=1S/C8H8O3.C6H5Cl.CHCl3/c9-8(10)6-11-7-4-2-1-3-5-7;7-6-4-2-1-3-5-6;2-1(3)4/h1-5H,6H2,(H,9,10);1-5H;1H. The summed E-state index contributed by atoms with van der Waals surface area (Å²) >= 11 is 20.0. The van der Waals surface area contributed by atoms with Crippen LogP contribution in [0.4, 0.5) is 0 Å². The van der Waals surface area contributed by atoms with Crippen LogP contribution < -0.4 is 4.74 Å². The first-order chi connectivity index (χ1) is 10.4. The third-order valence-electron chi connectivity index (χ3n) is 1.84. The Morgan fingerprint density at radius 2 is 1.36 bits per heavy atom.